The van der Waals surface area contributed by atoms with Crippen LogP contribution in [0.25, 0.3) is 11.1 Å². The summed E-state index contributed by atoms with van der Waals surface area (Å²) in [6, 6.07) is 32.9. The number of para-hydroxylation sites is 1. The number of likely N-dealkylation sites (N-methyl/N-ethyl adjacent to an activating group) is 1. The summed E-state index contributed by atoms with van der Waals surface area (Å²) in [4.78, 5) is 46.1. The Labute approximate surface area is 227 Å². The monoisotopic (exact) mass is 516 g/mol. The topological polar surface area (TPSA) is 90.9 Å². The lowest BCUT2D eigenvalue weighted by Gasteiger charge is -2.22. The molecule has 0 aromatic heterocycles. The van der Waals surface area contributed by atoms with Gasteiger partial charge in [-0.3, -0.25) is 14.4 Å². The van der Waals surface area contributed by atoms with Crippen molar-refractivity contribution in [3.05, 3.63) is 126 Å². The lowest BCUT2D eigenvalue weighted by molar-refractivity contribution is -0.128. The fourth-order valence-electron chi connectivity index (χ4n) is 4.59. The van der Waals surface area contributed by atoms with Gasteiger partial charge in [0.05, 0.1) is 11.4 Å². The van der Waals surface area contributed by atoms with Gasteiger partial charge in [-0.1, -0.05) is 97.1 Å². The number of hydrogen-bond acceptors (Lipinski definition) is 4. The van der Waals surface area contributed by atoms with Gasteiger partial charge in [-0.2, -0.15) is 0 Å². The van der Waals surface area contributed by atoms with Gasteiger partial charge in [0.2, 0.25) is 12.1 Å². The first kappa shape index (κ1) is 25.6. The fraction of sp³-hybridized carbons (Fsp3) is 0.125. The van der Waals surface area contributed by atoms with Crippen LogP contribution in [0.3, 0.4) is 0 Å². The van der Waals surface area contributed by atoms with Crippen LogP contribution in [0.5, 0.6) is 0 Å². The van der Waals surface area contributed by atoms with E-state index in [1.807, 2.05) is 97.1 Å². The van der Waals surface area contributed by atoms with Gasteiger partial charge in [0, 0.05) is 23.7 Å². The Kier molecular flexibility index (Phi) is 7.32. The number of hydrogen-bond donors (Lipinski definition) is 2. The van der Waals surface area contributed by atoms with E-state index in [1.165, 1.54) is 4.90 Å². The van der Waals surface area contributed by atoms with Crippen LogP contribution in [0.2, 0.25) is 0 Å². The summed E-state index contributed by atoms with van der Waals surface area (Å²) in [6.07, 6.45) is -1.17. The van der Waals surface area contributed by atoms with Crippen molar-refractivity contribution in [2.45, 2.75) is 19.1 Å². The molecule has 0 aliphatic carbocycles. The lowest BCUT2D eigenvalue weighted by atomic mass is 9.99. The number of aliphatic imine (C=N–C) groups is 1. The molecule has 7 nitrogen and oxygen atoms in total. The average Bonchev–Trinajstić information content (AvgIpc) is 3.08. The van der Waals surface area contributed by atoms with Gasteiger partial charge < -0.3 is 15.5 Å². The summed E-state index contributed by atoms with van der Waals surface area (Å²) in [5.74, 6) is -1.29. The molecular formula is C32H28N4O3. The van der Waals surface area contributed by atoms with Gasteiger partial charge in [0.1, 0.15) is 6.04 Å². The molecule has 0 saturated carbocycles. The maximum absolute atomic E-state index is 13.4. The fourth-order valence-corrected chi connectivity index (χ4v) is 4.59. The van der Waals surface area contributed by atoms with E-state index < -0.39 is 18.1 Å². The molecule has 4 aromatic carbocycles. The van der Waals surface area contributed by atoms with E-state index >= 15 is 0 Å². The Morgan fingerprint density at radius 2 is 1.33 bits per heavy atom. The van der Waals surface area contributed by atoms with Crippen molar-refractivity contribution in [1.29, 1.82) is 0 Å². The molecule has 0 unspecified atom stereocenters. The number of anilines is 1. The molecule has 0 fully saturated rings. The molecule has 7 heteroatoms. The Morgan fingerprint density at radius 1 is 0.769 bits per heavy atom. The summed E-state index contributed by atoms with van der Waals surface area (Å²) in [5.41, 5.74) is 5.02. The van der Waals surface area contributed by atoms with Crippen LogP contribution in [0.1, 0.15) is 28.4 Å². The summed E-state index contributed by atoms with van der Waals surface area (Å²) < 4.78 is 0. The van der Waals surface area contributed by atoms with Crippen LogP contribution in [-0.2, 0) is 9.59 Å². The summed E-state index contributed by atoms with van der Waals surface area (Å²) in [6.45, 7) is 1.58. The summed E-state index contributed by atoms with van der Waals surface area (Å²) >= 11 is 0. The molecule has 2 atom stereocenters. The number of nitrogens with one attached hydrogen (secondary N) is 2. The van der Waals surface area contributed by atoms with Crippen LogP contribution >= 0.6 is 0 Å². The molecular weight excluding hydrogens is 488 g/mol. The predicted molar refractivity (Wildman–Crippen MR) is 153 cm³/mol. The van der Waals surface area contributed by atoms with Crippen LogP contribution in [-0.4, -0.2) is 42.7 Å². The average molecular weight is 517 g/mol. The molecule has 0 spiro atoms. The van der Waals surface area contributed by atoms with E-state index in [2.05, 4.69) is 10.6 Å². The minimum absolute atomic E-state index is 0.380. The van der Waals surface area contributed by atoms with Crippen molar-refractivity contribution in [1.82, 2.24) is 10.6 Å². The first-order chi connectivity index (χ1) is 18.9. The highest BCUT2D eigenvalue weighted by Crippen LogP contribution is 2.27. The molecule has 1 heterocycles. The number of carbonyl (C=O) groups excluding carboxylic acids is 3. The van der Waals surface area contributed by atoms with E-state index in [4.69, 9.17) is 4.99 Å². The molecule has 194 valence electrons. The number of carbonyl (C=O) groups is 3. The maximum atomic E-state index is 13.4. The van der Waals surface area contributed by atoms with Crippen molar-refractivity contribution in [3.8, 4) is 11.1 Å². The number of rotatable bonds is 6. The van der Waals surface area contributed by atoms with Crippen molar-refractivity contribution >= 4 is 29.1 Å². The normalized spacial score (nSPS) is 15.4. The second-order valence-electron chi connectivity index (χ2n) is 9.28. The highest BCUT2D eigenvalue weighted by atomic mass is 16.2. The van der Waals surface area contributed by atoms with Crippen molar-refractivity contribution in [2.24, 2.45) is 4.99 Å². The second-order valence-corrected chi connectivity index (χ2v) is 9.28. The van der Waals surface area contributed by atoms with E-state index in [0.29, 0.717) is 17.0 Å². The van der Waals surface area contributed by atoms with Crippen molar-refractivity contribution in [3.63, 3.8) is 0 Å². The molecule has 0 bridgehead atoms. The Balaban J connectivity index is 1.39. The van der Waals surface area contributed by atoms with Crippen LogP contribution in [0.4, 0.5) is 5.69 Å². The molecule has 0 saturated heterocycles. The minimum Gasteiger partial charge on any atom is -0.341 e. The Hall–Kier alpha value is -5.04. The first-order valence-electron chi connectivity index (χ1n) is 12.7. The Bertz CT molecular complexity index is 1550. The standard InChI is InChI=1S/C32H28N4O3/c1-21(33-31(38)25-18-10-9-17-24(25)22-13-5-3-6-14-22)30(37)35-29-32(39)36(2)27-20-12-11-19-26(27)28(34-29)23-15-7-4-8-16-23/h3-21,29H,1-2H3,(H,33,38)(H,35,37)/t21-,29+/m0/s1. The van der Waals surface area contributed by atoms with Gasteiger partial charge >= 0.3 is 0 Å². The number of fused-ring (bicyclic) bond motifs is 1. The Morgan fingerprint density at radius 3 is 2.03 bits per heavy atom. The van der Waals surface area contributed by atoms with Crippen LogP contribution in [0, 0.1) is 0 Å². The number of amides is 3. The second kappa shape index (κ2) is 11.1. The van der Waals surface area contributed by atoms with E-state index in [1.54, 1.807) is 26.1 Å². The number of benzene rings is 4. The predicted octanol–water partition coefficient (Wildman–Crippen LogP) is 4.43. The van der Waals surface area contributed by atoms with Gasteiger partial charge in [0.15, 0.2) is 0 Å². The van der Waals surface area contributed by atoms with Gasteiger partial charge in [0.25, 0.3) is 11.8 Å². The minimum atomic E-state index is -1.17. The zero-order valence-corrected chi connectivity index (χ0v) is 21.7. The quantitative estimate of drug-likeness (QED) is 0.397. The highest BCUT2D eigenvalue weighted by molar-refractivity contribution is 6.20. The molecule has 1 aliphatic heterocycles. The van der Waals surface area contributed by atoms with Crippen LogP contribution in [0.15, 0.2) is 114 Å². The van der Waals surface area contributed by atoms with E-state index in [0.717, 1.165) is 22.3 Å². The summed E-state index contributed by atoms with van der Waals surface area (Å²) in [5, 5.41) is 5.52. The largest absolute Gasteiger partial charge is 0.341 e. The van der Waals surface area contributed by atoms with Gasteiger partial charge in [-0.05, 0) is 30.2 Å². The molecule has 2 N–H and O–H groups in total. The van der Waals surface area contributed by atoms with Gasteiger partial charge in [-0.15, -0.1) is 0 Å². The zero-order chi connectivity index (χ0) is 27.4. The van der Waals surface area contributed by atoms with Crippen molar-refractivity contribution in [2.75, 3.05) is 11.9 Å². The highest BCUT2D eigenvalue weighted by Gasteiger charge is 2.32. The van der Waals surface area contributed by atoms with Crippen molar-refractivity contribution < 1.29 is 14.4 Å². The molecule has 1 aliphatic rings. The molecule has 4 aromatic rings. The summed E-state index contributed by atoms with van der Waals surface area (Å²) in [7, 11) is 1.66. The van der Waals surface area contributed by atoms with E-state index in [-0.39, 0.29) is 11.8 Å². The van der Waals surface area contributed by atoms with Crippen LogP contribution < -0.4 is 15.5 Å². The first-order valence-corrected chi connectivity index (χ1v) is 12.7. The van der Waals surface area contributed by atoms with Gasteiger partial charge in [-0.25, -0.2) is 4.99 Å². The third kappa shape index (κ3) is 5.33. The molecule has 3 amide bonds. The number of benzodiazepines with no additional fused rings is 1. The number of nitrogens with zero attached hydrogens (tertiary/aromatic N) is 2. The molecule has 5 rings (SSSR count). The van der Waals surface area contributed by atoms with E-state index in [9.17, 15) is 14.4 Å². The molecule has 0 radical (unpaired) electrons. The third-order valence-corrected chi connectivity index (χ3v) is 6.67. The smallest absolute Gasteiger partial charge is 0.272 e. The zero-order valence-electron chi connectivity index (χ0n) is 21.7. The maximum Gasteiger partial charge on any atom is 0.272 e. The lowest BCUT2D eigenvalue weighted by Crippen LogP contribution is -2.52. The molecule has 39 heavy (non-hydrogen) atoms. The SMILES string of the molecule is C[C@H](NC(=O)c1ccccc1-c1ccccc1)C(=O)N[C@H]1N=C(c2ccccc2)c2ccccc2N(C)C1=O. The third-order valence-electron chi connectivity index (χ3n) is 6.67.